The monoisotopic (exact) mass is 238 g/mol. The first-order valence-electron chi connectivity index (χ1n) is 4.15. The molecule has 4 N–H and O–H groups in total. The quantitative estimate of drug-likeness (QED) is 0.396. The molecule has 0 radical (unpaired) electrons. The summed E-state index contributed by atoms with van der Waals surface area (Å²) in [6, 6.07) is 0. The first kappa shape index (κ1) is 14.8. The summed E-state index contributed by atoms with van der Waals surface area (Å²) in [5.41, 5.74) is -5.99. The molecular weight excluding hydrogens is 224 g/mol. The van der Waals surface area contributed by atoms with Crippen LogP contribution in [0, 0.1) is 0 Å². The first-order chi connectivity index (χ1) is 7.26. The van der Waals surface area contributed by atoms with Crippen molar-refractivity contribution in [2.24, 2.45) is 0 Å². The fourth-order valence-electron chi connectivity index (χ4n) is 1.13. The Labute approximate surface area is 91.0 Å². The van der Waals surface area contributed by atoms with Crippen molar-refractivity contribution in [1.82, 2.24) is 0 Å². The maximum Gasteiger partial charge on any atom is 0.342 e. The van der Waals surface area contributed by atoms with Gasteiger partial charge in [0.05, 0.1) is 13.2 Å². The van der Waals surface area contributed by atoms with Crippen molar-refractivity contribution in [1.29, 1.82) is 0 Å². The largest absolute Gasteiger partial charge is 0.479 e. The molecule has 0 fully saturated rings. The number of rotatable bonds is 7. The van der Waals surface area contributed by atoms with Crippen LogP contribution in [0.25, 0.3) is 0 Å². The Morgan fingerprint density at radius 3 is 1.31 bits per heavy atom. The van der Waals surface area contributed by atoms with Crippen molar-refractivity contribution in [2.45, 2.75) is 11.2 Å². The summed E-state index contributed by atoms with van der Waals surface area (Å²) < 4.78 is 8.80. The number of aliphatic carboxylic acids is 2. The van der Waals surface area contributed by atoms with Gasteiger partial charge in [-0.2, -0.15) is 0 Å². The van der Waals surface area contributed by atoms with Crippen LogP contribution in [0.1, 0.15) is 0 Å². The lowest BCUT2D eigenvalue weighted by molar-refractivity contribution is -0.224. The minimum Gasteiger partial charge on any atom is -0.479 e. The molecule has 0 aromatic heterocycles. The Bertz CT molecular complexity index is 249. The number of carboxylic acids is 2. The molecule has 0 rings (SSSR count). The SMILES string of the molecule is COCC(O)(C(=O)O)C(O)(COC)C(=O)O. The fourth-order valence-corrected chi connectivity index (χ4v) is 1.13. The zero-order valence-corrected chi connectivity index (χ0v) is 8.84. The standard InChI is InChI=1S/C8H14O8/c1-15-3-7(13,5(9)10)8(14,4-16-2)6(11)12/h13-14H,3-4H2,1-2H3,(H,9,10)(H,11,12). The third-order valence-electron chi connectivity index (χ3n) is 2.10. The van der Waals surface area contributed by atoms with Gasteiger partial charge in [0.2, 0.25) is 11.2 Å². The average molecular weight is 238 g/mol. The smallest absolute Gasteiger partial charge is 0.342 e. The maximum atomic E-state index is 10.8. The third-order valence-corrected chi connectivity index (χ3v) is 2.10. The van der Waals surface area contributed by atoms with Crippen molar-refractivity contribution >= 4 is 11.9 Å². The van der Waals surface area contributed by atoms with E-state index in [1.54, 1.807) is 0 Å². The molecule has 16 heavy (non-hydrogen) atoms. The van der Waals surface area contributed by atoms with Gasteiger partial charge in [-0.05, 0) is 0 Å². The number of carbonyl (C=O) groups is 2. The molecule has 2 unspecified atom stereocenters. The molecular formula is C8H14O8. The first-order valence-corrected chi connectivity index (χ1v) is 4.15. The van der Waals surface area contributed by atoms with Gasteiger partial charge in [-0.3, -0.25) is 0 Å². The molecule has 0 amide bonds. The van der Waals surface area contributed by atoms with Crippen molar-refractivity contribution in [3.05, 3.63) is 0 Å². The van der Waals surface area contributed by atoms with E-state index in [-0.39, 0.29) is 0 Å². The molecule has 0 aromatic carbocycles. The van der Waals surface area contributed by atoms with E-state index in [0.29, 0.717) is 0 Å². The lowest BCUT2D eigenvalue weighted by atomic mass is 9.83. The molecule has 8 heteroatoms. The zero-order valence-electron chi connectivity index (χ0n) is 8.84. The molecule has 0 saturated carbocycles. The van der Waals surface area contributed by atoms with Crippen molar-refractivity contribution in [3.8, 4) is 0 Å². The minimum absolute atomic E-state index is 0.894. The molecule has 0 heterocycles. The van der Waals surface area contributed by atoms with Gasteiger partial charge in [0.15, 0.2) is 0 Å². The van der Waals surface area contributed by atoms with Crippen LogP contribution >= 0.6 is 0 Å². The molecule has 94 valence electrons. The topological polar surface area (TPSA) is 134 Å². The Balaban J connectivity index is 5.43. The van der Waals surface area contributed by atoms with Crippen LogP contribution in [0.4, 0.5) is 0 Å². The van der Waals surface area contributed by atoms with Crippen LogP contribution in [-0.4, -0.2) is 71.0 Å². The van der Waals surface area contributed by atoms with E-state index in [9.17, 15) is 19.8 Å². The lowest BCUT2D eigenvalue weighted by Gasteiger charge is -2.35. The Morgan fingerprint density at radius 2 is 1.19 bits per heavy atom. The molecule has 0 bridgehead atoms. The van der Waals surface area contributed by atoms with E-state index in [4.69, 9.17) is 10.2 Å². The van der Waals surface area contributed by atoms with Crippen molar-refractivity contribution in [3.63, 3.8) is 0 Å². The summed E-state index contributed by atoms with van der Waals surface area (Å²) in [6.45, 7) is -1.79. The highest BCUT2D eigenvalue weighted by Gasteiger charge is 2.61. The summed E-state index contributed by atoms with van der Waals surface area (Å²) >= 11 is 0. The van der Waals surface area contributed by atoms with Crippen LogP contribution in [0.5, 0.6) is 0 Å². The Kier molecular flexibility index (Phi) is 4.81. The van der Waals surface area contributed by atoms with Gasteiger partial charge >= 0.3 is 11.9 Å². The van der Waals surface area contributed by atoms with Crippen molar-refractivity contribution < 1.29 is 39.5 Å². The maximum absolute atomic E-state index is 10.8. The van der Waals surface area contributed by atoms with E-state index in [2.05, 4.69) is 9.47 Å². The molecule has 8 nitrogen and oxygen atoms in total. The molecule has 2 atom stereocenters. The van der Waals surface area contributed by atoms with Gasteiger partial charge in [-0.25, -0.2) is 9.59 Å². The molecule has 0 aliphatic carbocycles. The van der Waals surface area contributed by atoms with Gasteiger partial charge < -0.3 is 29.9 Å². The van der Waals surface area contributed by atoms with Crippen LogP contribution < -0.4 is 0 Å². The number of hydrogen-bond acceptors (Lipinski definition) is 6. The van der Waals surface area contributed by atoms with Gasteiger partial charge in [0.25, 0.3) is 0 Å². The number of aliphatic hydroxyl groups is 2. The summed E-state index contributed by atoms with van der Waals surface area (Å²) in [5.74, 6) is -3.84. The predicted octanol–water partition coefficient (Wildman–Crippen LogP) is -2.09. The highest BCUT2D eigenvalue weighted by Crippen LogP contribution is 2.24. The van der Waals surface area contributed by atoms with Crippen LogP contribution in [0.3, 0.4) is 0 Å². The van der Waals surface area contributed by atoms with Gasteiger partial charge in [-0.1, -0.05) is 0 Å². The summed E-state index contributed by atoms with van der Waals surface area (Å²) in [6.07, 6.45) is 0. The number of ether oxygens (including phenoxy) is 2. The van der Waals surface area contributed by atoms with Gasteiger partial charge in [-0.15, -0.1) is 0 Å². The third kappa shape index (κ3) is 2.30. The zero-order chi connectivity index (χ0) is 13.0. The van der Waals surface area contributed by atoms with E-state index >= 15 is 0 Å². The second-order valence-corrected chi connectivity index (χ2v) is 3.20. The molecule has 0 aromatic rings. The number of hydrogen-bond donors (Lipinski definition) is 4. The highest BCUT2D eigenvalue weighted by molar-refractivity contribution is 5.91. The predicted molar refractivity (Wildman–Crippen MR) is 48.9 cm³/mol. The Hall–Kier alpha value is -1.22. The lowest BCUT2D eigenvalue weighted by Crippen LogP contribution is -2.68. The fraction of sp³-hybridized carbons (Fsp3) is 0.750. The molecule has 0 spiro atoms. The van der Waals surface area contributed by atoms with Crippen LogP contribution in [0.15, 0.2) is 0 Å². The van der Waals surface area contributed by atoms with Crippen LogP contribution in [-0.2, 0) is 19.1 Å². The number of carboxylic acid groups (broad SMARTS) is 2. The minimum atomic E-state index is -3.00. The molecule has 0 aliphatic heterocycles. The highest BCUT2D eigenvalue weighted by atomic mass is 16.5. The summed E-state index contributed by atoms with van der Waals surface area (Å²) in [7, 11) is 2.12. The summed E-state index contributed by atoms with van der Waals surface area (Å²) in [5, 5.41) is 36.9. The molecule has 0 aliphatic rings. The van der Waals surface area contributed by atoms with E-state index in [1.807, 2.05) is 0 Å². The molecule has 0 saturated heterocycles. The van der Waals surface area contributed by atoms with Crippen molar-refractivity contribution in [2.75, 3.05) is 27.4 Å². The number of methoxy groups -OCH3 is 2. The van der Waals surface area contributed by atoms with Gasteiger partial charge in [0.1, 0.15) is 0 Å². The van der Waals surface area contributed by atoms with E-state index in [0.717, 1.165) is 14.2 Å². The van der Waals surface area contributed by atoms with Crippen LogP contribution in [0.2, 0.25) is 0 Å². The normalized spacial score (nSPS) is 18.5. The van der Waals surface area contributed by atoms with E-state index < -0.39 is 36.4 Å². The van der Waals surface area contributed by atoms with Gasteiger partial charge in [0, 0.05) is 14.2 Å². The second-order valence-electron chi connectivity index (χ2n) is 3.20. The average Bonchev–Trinajstić information content (AvgIpc) is 2.17. The Morgan fingerprint density at radius 1 is 0.938 bits per heavy atom. The second kappa shape index (κ2) is 5.21. The summed E-state index contributed by atoms with van der Waals surface area (Å²) in [4.78, 5) is 21.7. The van der Waals surface area contributed by atoms with E-state index in [1.165, 1.54) is 0 Å².